The number of aromatic nitrogens is 2. The smallest absolute Gasteiger partial charge is 0.0991 e. The number of nitrogens with zero attached hydrogens (tertiary/aromatic N) is 4. The van der Waals surface area contributed by atoms with Crippen LogP contribution in [0.1, 0.15) is 36.1 Å². The first-order chi connectivity index (χ1) is 25.1. The fourth-order valence-corrected chi connectivity index (χ4v) is 8.68. The second-order valence-electron chi connectivity index (χ2n) is 13.6. The van der Waals surface area contributed by atoms with Gasteiger partial charge in [0.2, 0.25) is 0 Å². The van der Waals surface area contributed by atoms with Gasteiger partial charge < -0.3 is 9.13 Å². The number of nitriles is 2. The second kappa shape index (κ2) is 12.1. The first kappa shape index (κ1) is 30.4. The topological polar surface area (TPSA) is 57.4 Å². The molecule has 0 N–H and O–H groups in total. The number of hydrogen-bond donors (Lipinski definition) is 0. The van der Waals surface area contributed by atoms with Crippen molar-refractivity contribution < 1.29 is 0 Å². The largest absolute Gasteiger partial charge is 0.340 e. The highest BCUT2D eigenvalue weighted by Crippen LogP contribution is 2.54. The number of hydrogen-bond acceptors (Lipinski definition) is 2. The zero-order valence-electron chi connectivity index (χ0n) is 28.5. The van der Waals surface area contributed by atoms with Gasteiger partial charge in [0.1, 0.15) is 0 Å². The molecule has 4 heteroatoms. The predicted molar refractivity (Wildman–Crippen MR) is 210 cm³/mol. The molecule has 2 heterocycles. The van der Waals surface area contributed by atoms with Crippen molar-refractivity contribution in [3.8, 4) is 12.1 Å². The first-order valence-corrected chi connectivity index (χ1v) is 17.5. The molecule has 9 rings (SSSR count). The van der Waals surface area contributed by atoms with Crippen LogP contribution in [-0.2, 0) is 6.54 Å². The number of rotatable bonds is 6. The summed E-state index contributed by atoms with van der Waals surface area (Å²) >= 11 is 0. The van der Waals surface area contributed by atoms with Gasteiger partial charge in [-0.05, 0) is 76.7 Å². The average molecular weight is 655 g/mol. The number of allylic oxidation sites excluding steroid dienone is 4. The summed E-state index contributed by atoms with van der Waals surface area (Å²) in [4.78, 5) is 0. The molecule has 0 saturated carbocycles. The normalized spacial score (nSPS) is 15.3. The Morgan fingerprint density at radius 3 is 1.55 bits per heavy atom. The van der Waals surface area contributed by atoms with E-state index >= 15 is 0 Å². The van der Waals surface area contributed by atoms with E-state index in [1.54, 1.807) is 0 Å². The monoisotopic (exact) mass is 654 g/mol. The molecule has 4 nitrogen and oxygen atoms in total. The molecule has 0 aliphatic heterocycles. The molecule has 242 valence electrons. The average Bonchev–Trinajstić information content (AvgIpc) is 3.80. The van der Waals surface area contributed by atoms with Crippen LogP contribution >= 0.6 is 0 Å². The third-order valence-electron chi connectivity index (χ3n) is 10.7. The third kappa shape index (κ3) is 4.73. The van der Waals surface area contributed by atoms with Gasteiger partial charge in [-0.25, -0.2) is 0 Å². The van der Waals surface area contributed by atoms with Gasteiger partial charge in [-0.1, -0.05) is 111 Å². The Hall–Kier alpha value is -6.62. The van der Waals surface area contributed by atoms with Crippen LogP contribution in [-0.4, -0.2) is 9.13 Å². The SMILES string of the molecule is CC1C(c2cccc(C#N)c2)=C(n2c3ccccc3c3ccccc32)C(c2cccc(C#N)c2)=C1[C@H](C)Cn1c2ccccc2c2ccccc21. The second-order valence-corrected chi connectivity index (χ2v) is 13.6. The van der Waals surface area contributed by atoms with Gasteiger partial charge in [-0.3, -0.25) is 0 Å². The molecule has 6 aromatic carbocycles. The zero-order chi connectivity index (χ0) is 34.6. The van der Waals surface area contributed by atoms with Crippen LogP contribution in [0.25, 0.3) is 60.5 Å². The molecule has 0 spiro atoms. The Bertz CT molecular complexity index is 2740. The molecule has 0 radical (unpaired) electrons. The van der Waals surface area contributed by atoms with Crippen LogP contribution in [0.2, 0.25) is 0 Å². The highest BCUT2D eigenvalue weighted by molar-refractivity contribution is 6.21. The van der Waals surface area contributed by atoms with Crippen molar-refractivity contribution >= 4 is 60.5 Å². The molecule has 0 amide bonds. The van der Waals surface area contributed by atoms with Crippen LogP contribution in [0.3, 0.4) is 0 Å². The van der Waals surface area contributed by atoms with E-state index in [1.165, 1.54) is 43.7 Å². The molecule has 1 aliphatic rings. The Morgan fingerprint density at radius 1 is 0.569 bits per heavy atom. The lowest BCUT2D eigenvalue weighted by atomic mass is 9.84. The Balaban J connectivity index is 1.37. The van der Waals surface area contributed by atoms with Crippen molar-refractivity contribution in [3.05, 3.63) is 173 Å². The van der Waals surface area contributed by atoms with Crippen molar-refractivity contribution in [2.45, 2.75) is 20.4 Å². The highest BCUT2D eigenvalue weighted by atomic mass is 15.0. The van der Waals surface area contributed by atoms with Crippen LogP contribution in [0.4, 0.5) is 0 Å². The van der Waals surface area contributed by atoms with Crippen molar-refractivity contribution in [1.29, 1.82) is 10.5 Å². The molecular weight excluding hydrogens is 621 g/mol. The third-order valence-corrected chi connectivity index (χ3v) is 10.7. The summed E-state index contributed by atoms with van der Waals surface area (Å²) in [5.74, 6) is 0.123. The van der Waals surface area contributed by atoms with E-state index in [1.807, 2.05) is 36.4 Å². The predicted octanol–water partition coefficient (Wildman–Crippen LogP) is 11.5. The molecular formula is C47H34N4. The molecule has 1 unspecified atom stereocenters. The quantitative estimate of drug-likeness (QED) is 0.179. The van der Waals surface area contributed by atoms with E-state index in [0.717, 1.165) is 40.0 Å². The van der Waals surface area contributed by atoms with E-state index in [0.29, 0.717) is 11.1 Å². The van der Waals surface area contributed by atoms with Gasteiger partial charge in [0, 0.05) is 50.6 Å². The van der Waals surface area contributed by atoms with Gasteiger partial charge in [0.15, 0.2) is 0 Å². The van der Waals surface area contributed by atoms with Crippen LogP contribution in [0.15, 0.2) is 151 Å². The minimum absolute atomic E-state index is 0.0118. The maximum atomic E-state index is 10.1. The van der Waals surface area contributed by atoms with Gasteiger partial charge >= 0.3 is 0 Å². The van der Waals surface area contributed by atoms with Gasteiger partial charge in [0.25, 0.3) is 0 Å². The lowest BCUT2D eigenvalue weighted by Gasteiger charge is -2.23. The lowest BCUT2D eigenvalue weighted by molar-refractivity contribution is 0.540. The van der Waals surface area contributed by atoms with Gasteiger partial charge in [-0.2, -0.15) is 10.5 Å². The Kier molecular flexibility index (Phi) is 7.20. The fourth-order valence-electron chi connectivity index (χ4n) is 8.68. The van der Waals surface area contributed by atoms with Crippen molar-refractivity contribution in [1.82, 2.24) is 9.13 Å². The van der Waals surface area contributed by atoms with E-state index in [9.17, 15) is 10.5 Å². The number of para-hydroxylation sites is 4. The minimum Gasteiger partial charge on any atom is -0.340 e. The van der Waals surface area contributed by atoms with Gasteiger partial charge in [-0.15, -0.1) is 0 Å². The van der Waals surface area contributed by atoms with Crippen molar-refractivity contribution in [3.63, 3.8) is 0 Å². The molecule has 2 atom stereocenters. The number of fused-ring (bicyclic) bond motifs is 6. The lowest BCUT2D eigenvalue weighted by Crippen LogP contribution is -2.15. The van der Waals surface area contributed by atoms with Crippen molar-refractivity contribution in [2.75, 3.05) is 0 Å². The van der Waals surface area contributed by atoms with Crippen LogP contribution < -0.4 is 0 Å². The molecule has 1 aliphatic carbocycles. The Morgan fingerprint density at radius 2 is 1.02 bits per heavy atom. The van der Waals surface area contributed by atoms with Gasteiger partial charge in [0.05, 0.1) is 40.0 Å². The zero-order valence-corrected chi connectivity index (χ0v) is 28.5. The molecule has 0 saturated heterocycles. The van der Waals surface area contributed by atoms with E-state index in [2.05, 4.69) is 144 Å². The summed E-state index contributed by atoms with van der Waals surface area (Å²) in [5.41, 5.74) is 12.8. The van der Waals surface area contributed by atoms with Crippen LogP contribution in [0.5, 0.6) is 0 Å². The summed E-state index contributed by atoms with van der Waals surface area (Å²) < 4.78 is 4.91. The molecule has 0 bridgehead atoms. The maximum absolute atomic E-state index is 10.1. The van der Waals surface area contributed by atoms with E-state index in [-0.39, 0.29) is 11.8 Å². The Labute approximate surface area is 297 Å². The standard InChI is InChI=1S/C47H34N4/c1-30(29-50-40-21-7-3-17-36(40)37-18-4-8-22-41(37)50)44-31(2)45(34-15-11-13-32(25-34)27-48)47(46(44)35-16-12-14-33(26-35)28-49)51-42-23-9-5-19-38(42)39-20-6-10-24-43(39)51/h3-26,30-31H,29H2,1-2H3/t30-,31?/m1/s1. The van der Waals surface area contributed by atoms with Crippen molar-refractivity contribution in [2.24, 2.45) is 11.8 Å². The first-order valence-electron chi connectivity index (χ1n) is 17.5. The molecule has 2 aromatic heterocycles. The van der Waals surface area contributed by atoms with Crippen LogP contribution in [0, 0.1) is 34.5 Å². The molecule has 51 heavy (non-hydrogen) atoms. The maximum Gasteiger partial charge on any atom is 0.0991 e. The summed E-state index contributed by atoms with van der Waals surface area (Å²) in [7, 11) is 0. The number of benzene rings is 6. The summed E-state index contributed by atoms with van der Waals surface area (Å²) in [6.45, 7) is 5.45. The van der Waals surface area contributed by atoms with E-state index < -0.39 is 0 Å². The fraction of sp³-hybridized carbons (Fsp3) is 0.106. The summed E-state index contributed by atoms with van der Waals surface area (Å²) in [6, 6.07) is 55.5. The summed E-state index contributed by atoms with van der Waals surface area (Å²) in [5, 5.41) is 25.0. The highest BCUT2D eigenvalue weighted by Gasteiger charge is 2.37. The summed E-state index contributed by atoms with van der Waals surface area (Å²) in [6.07, 6.45) is 0. The minimum atomic E-state index is 0.0118. The molecule has 8 aromatic rings. The molecule has 0 fully saturated rings. The van der Waals surface area contributed by atoms with E-state index in [4.69, 9.17) is 0 Å².